The Kier molecular flexibility index (Phi) is 4.61. The average molecular weight is 330 g/mol. The molecule has 0 saturated heterocycles. The van der Waals surface area contributed by atoms with E-state index in [-0.39, 0.29) is 5.82 Å². The lowest BCUT2D eigenvalue weighted by Crippen LogP contribution is -1.96. The smallest absolute Gasteiger partial charge is 0.138 e. The van der Waals surface area contributed by atoms with E-state index in [0.717, 1.165) is 16.5 Å². The van der Waals surface area contributed by atoms with Crippen LogP contribution >= 0.6 is 27.5 Å². The van der Waals surface area contributed by atoms with Crippen molar-refractivity contribution < 1.29 is 9.13 Å². The molecule has 0 atom stereocenters. The van der Waals surface area contributed by atoms with Gasteiger partial charge in [0.25, 0.3) is 0 Å². The van der Waals surface area contributed by atoms with E-state index in [2.05, 4.69) is 15.9 Å². The molecule has 0 unspecified atom stereocenters. The van der Waals surface area contributed by atoms with Crippen LogP contribution in [-0.2, 0) is 11.9 Å². The van der Waals surface area contributed by atoms with Crippen LogP contribution in [0.15, 0.2) is 42.5 Å². The Morgan fingerprint density at radius 1 is 1.11 bits per heavy atom. The van der Waals surface area contributed by atoms with E-state index in [0.29, 0.717) is 17.4 Å². The molecule has 2 aromatic carbocycles. The fraction of sp³-hybridized carbons (Fsp3) is 0.143. The van der Waals surface area contributed by atoms with E-state index in [1.54, 1.807) is 6.07 Å². The summed E-state index contributed by atoms with van der Waals surface area (Å²) in [5, 5.41) is 1.31. The molecule has 0 aliphatic rings. The first-order valence-corrected chi connectivity index (χ1v) is 6.90. The fourth-order valence-electron chi connectivity index (χ4n) is 1.53. The second-order valence-corrected chi connectivity index (χ2v) is 4.78. The van der Waals surface area contributed by atoms with Crippen LogP contribution in [0.1, 0.15) is 11.1 Å². The highest BCUT2D eigenvalue weighted by Crippen LogP contribution is 2.27. The molecule has 2 rings (SSSR count). The lowest BCUT2D eigenvalue weighted by molar-refractivity contribution is 0.305. The average Bonchev–Trinajstić information content (AvgIpc) is 2.37. The Morgan fingerprint density at radius 3 is 2.61 bits per heavy atom. The highest BCUT2D eigenvalue weighted by molar-refractivity contribution is 9.08. The molecule has 4 heteroatoms. The Balaban J connectivity index is 2.06. The first-order chi connectivity index (χ1) is 8.69. The monoisotopic (exact) mass is 328 g/mol. The fourth-order valence-corrected chi connectivity index (χ4v) is 2.14. The lowest BCUT2D eigenvalue weighted by Gasteiger charge is -2.09. The first-order valence-electron chi connectivity index (χ1n) is 5.40. The highest BCUT2D eigenvalue weighted by atomic mass is 79.9. The Hall–Kier alpha value is -1.06. The van der Waals surface area contributed by atoms with E-state index >= 15 is 0 Å². The van der Waals surface area contributed by atoms with E-state index in [1.807, 2.05) is 24.3 Å². The summed E-state index contributed by atoms with van der Waals surface area (Å²) in [4.78, 5) is 0. The number of hydrogen-bond acceptors (Lipinski definition) is 1. The highest BCUT2D eigenvalue weighted by Gasteiger charge is 2.03. The molecule has 0 aliphatic carbocycles. The number of hydrogen-bond donors (Lipinski definition) is 0. The van der Waals surface area contributed by atoms with Gasteiger partial charge in [-0.25, -0.2) is 4.39 Å². The van der Waals surface area contributed by atoms with Gasteiger partial charge in [-0.1, -0.05) is 45.7 Å². The Bertz CT molecular complexity index is 545. The van der Waals surface area contributed by atoms with Gasteiger partial charge >= 0.3 is 0 Å². The van der Waals surface area contributed by atoms with Gasteiger partial charge in [-0.3, -0.25) is 0 Å². The molecule has 0 radical (unpaired) electrons. The van der Waals surface area contributed by atoms with Gasteiger partial charge in [0.1, 0.15) is 18.2 Å². The minimum Gasteiger partial charge on any atom is -0.487 e. The van der Waals surface area contributed by atoms with Crippen molar-refractivity contribution in [1.29, 1.82) is 0 Å². The molecule has 94 valence electrons. The summed E-state index contributed by atoms with van der Waals surface area (Å²) < 4.78 is 18.5. The molecular weight excluding hydrogens is 319 g/mol. The van der Waals surface area contributed by atoms with Gasteiger partial charge < -0.3 is 4.74 Å². The number of ether oxygens (including phenoxy) is 1. The molecule has 0 amide bonds. The molecule has 2 aromatic rings. The van der Waals surface area contributed by atoms with Crippen molar-refractivity contribution in [1.82, 2.24) is 0 Å². The first kappa shape index (κ1) is 13.4. The van der Waals surface area contributed by atoms with Gasteiger partial charge in [-0.2, -0.15) is 0 Å². The minimum absolute atomic E-state index is 0.267. The van der Waals surface area contributed by atoms with Crippen LogP contribution in [0.3, 0.4) is 0 Å². The van der Waals surface area contributed by atoms with Crippen LogP contribution in [0.4, 0.5) is 4.39 Å². The van der Waals surface area contributed by atoms with Crippen LogP contribution in [0.5, 0.6) is 5.75 Å². The maximum Gasteiger partial charge on any atom is 0.138 e. The summed E-state index contributed by atoms with van der Waals surface area (Å²) in [5.41, 5.74) is 1.86. The minimum atomic E-state index is -0.267. The zero-order valence-corrected chi connectivity index (χ0v) is 11.8. The second-order valence-electron chi connectivity index (χ2n) is 3.82. The van der Waals surface area contributed by atoms with E-state index in [9.17, 15) is 4.39 Å². The number of benzene rings is 2. The van der Waals surface area contributed by atoms with Crippen molar-refractivity contribution in [2.75, 3.05) is 0 Å². The number of halogens is 3. The van der Waals surface area contributed by atoms with Crippen LogP contribution in [0, 0.1) is 5.82 Å². The molecule has 0 aliphatic heterocycles. The molecule has 0 bridgehead atoms. The van der Waals surface area contributed by atoms with Crippen molar-refractivity contribution in [2.24, 2.45) is 0 Å². The third kappa shape index (κ3) is 3.47. The summed E-state index contributed by atoms with van der Waals surface area (Å²) in [6.45, 7) is 0.297. The summed E-state index contributed by atoms with van der Waals surface area (Å²) >= 11 is 9.44. The van der Waals surface area contributed by atoms with Gasteiger partial charge in [-0.15, -0.1) is 0 Å². The van der Waals surface area contributed by atoms with E-state index < -0.39 is 0 Å². The molecular formula is C14H11BrClFO. The van der Waals surface area contributed by atoms with Crippen LogP contribution in [0.2, 0.25) is 5.02 Å². The van der Waals surface area contributed by atoms with Crippen molar-refractivity contribution in [3.8, 4) is 5.75 Å². The van der Waals surface area contributed by atoms with Crippen molar-refractivity contribution in [3.63, 3.8) is 0 Å². The maximum absolute atomic E-state index is 13.0. The van der Waals surface area contributed by atoms with Gasteiger partial charge in [-0.05, 0) is 35.4 Å². The molecule has 0 aromatic heterocycles. The molecule has 1 nitrogen and oxygen atoms in total. The SMILES string of the molecule is Fc1cccc(COc2ccc(CBr)cc2Cl)c1. The van der Waals surface area contributed by atoms with E-state index in [1.165, 1.54) is 12.1 Å². The summed E-state index contributed by atoms with van der Waals surface area (Å²) in [7, 11) is 0. The van der Waals surface area contributed by atoms with Crippen LogP contribution < -0.4 is 4.74 Å². The topological polar surface area (TPSA) is 9.23 Å². The molecule has 0 saturated carbocycles. The maximum atomic E-state index is 13.0. The van der Waals surface area contributed by atoms with Crippen molar-refractivity contribution >= 4 is 27.5 Å². The summed E-state index contributed by atoms with van der Waals surface area (Å²) in [6, 6.07) is 11.9. The second kappa shape index (κ2) is 6.21. The predicted molar refractivity (Wildman–Crippen MR) is 74.8 cm³/mol. The molecule has 0 heterocycles. The number of rotatable bonds is 4. The Morgan fingerprint density at radius 2 is 1.94 bits per heavy atom. The predicted octanol–water partition coefficient (Wildman–Crippen LogP) is 4.95. The van der Waals surface area contributed by atoms with Crippen molar-refractivity contribution in [2.45, 2.75) is 11.9 Å². The van der Waals surface area contributed by atoms with Gasteiger partial charge in [0.2, 0.25) is 0 Å². The summed E-state index contributed by atoms with van der Waals surface area (Å²) in [5.74, 6) is 0.336. The quantitative estimate of drug-likeness (QED) is 0.721. The largest absolute Gasteiger partial charge is 0.487 e. The van der Waals surface area contributed by atoms with Crippen LogP contribution in [0.25, 0.3) is 0 Å². The zero-order valence-electron chi connectivity index (χ0n) is 9.50. The Labute approximate surface area is 119 Å². The molecule has 18 heavy (non-hydrogen) atoms. The number of alkyl halides is 1. The molecule has 0 spiro atoms. The van der Waals surface area contributed by atoms with Gasteiger partial charge in [0.15, 0.2) is 0 Å². The zero-order chi connectivity index (χ0) is 13.0. The lowest BCUT2D eigenvalue weighted by atomic mass is 10.2. The van der Waals surface area contributed by atoms with Crippen LogP contribution in [-0.4, -0.2) is 0 Å². The van der Waals surface area contributed by atoms with Crippen molar-refractivity contribution in [3.05, 3.63) is 64.4 Å². The summed E-state index contributed by atoms with van der Waals surface area (Å²) in [6.07, 6.45) is 0. The molecule has 0 N–H and O–H groups in total. The standard InChI is InChI=1S/C14H11BrClFO/c15-8-10-4-5-14(13(16)7-10)18-9-11-2-1-3-12(17)6-11/h1-7H,8-9H2. The molecule has 0 fully saturated rings. The third-order valence-corrected chi connectivity index (χ3v) is 3.38. The normalized spacial score (nSPS) is 10.4. The van der Waals surface area contributed by atoms with Gasteiger partial charge in [0, 0.05) is 5.33 Å². The van der Waals surface area contributed by atoms with E-state index in [4.69, 9.17) is 16.3 Å². The third-order valence-electron chi connectivity index (χ3n) is 2.43. The van der Waals surface area contributed by atoms with Gasteiger partial charge in [0.05, 0.1) is 5.02 Å².